The molecule has 7 nitrogen and oxygen atoms in total. The Labute approximate surface area is 162 Å². The van der Waals surface area contributed by atoms with E-state index in [2.05, 4.69) is 14.9 Å². The molecule has 1 aromatic heterocycles. The zero-order valence-electron chi connectivity index (χ0n) is 14.5. The van der Waals surface area contributed by atoms with Gasteiger partial charge in [-0.15, -0.1) is 13.2 Å². The summed E-state index contributed by atoms with van der Waals surface area (Å²) in [6, 6.07) is 5.70. The minimum Gasteiger partial charge on any atom is -0.405 e. The van der Waals surface area contributed by atoms with Crippen LogP contribution in [0.5, 0.6) is 5.75 Å². The summed E-state index contributed by atoms with van der Waals surface area (Å²) in [6.45, 7) is 0.863. The number of para-hydroxylation sites is 1. The van der Waals surface area contributed by atoms with Crippen molar-refractivity contribution in [1.82, 2.24) is 15.1 Å². The highest BCUT2D eigenvalue weighted by Gasteiger charge is 2.32. The van der Waals surface area contributed by atoms with Crippen LogP contribution in [-0.4, -0.2) is 47.0 Å². The van der Waals surface area contributed by atoms with Gasteiger partial charge in [0.1, 0.15) is 10.8 Å². The van der Waals surface area contributed by atoms with Crippen LogP contribution in [-0.2, 0) is 11.3 Å². The Hall–Kier alpha value is -2.75. The molecule has 0 unspecified atom stereocenters. The fourth-order valence-electron chi connectivity index (χ4n) is 2.93. The van der Waals surface area contributed by atoms with E-state index >= 15 is 0 Å². The number of alkyl halides is 3. The third-order valence-corrected chi connectivity index (χ3v) is 4.63. The Morgan fingerprint density at radius 3 is 2.68 bits per heavy atom. The van der Waals surface area contributed by atoms with Crippen molar-refractivity contribution in [1.29, 1.82) is 0 Å². The predicted molar refractivity (Wildman–Crippen MR) is 95.2 cm³/mol. The van der Waals surface area contributed by atoms with Gasteiger partial charge in [-0.3, -0.25) is 9.59 Å². The van der Waals surface area contributed by atoms with Gasteiger partial charge in [0.25, 0.3) is 5.56 Å². The average molecular weight is 417 g/mol. The minimum absolute atomic E-state index is 0.0275. The van der Waals surface area contributed by atoms with Gasteiger partial charge < -0.3 is 14.5 Å². The number of carbonyl (C=O) groups excluding carboxylic acids is 1. The highest BCUT2D eigenvalue weighted by Crippen LogP contribution is 2.28. The number of ether oxygens (including phenoxy) is 1. The zero-order chi connectivity index (χ0) is 20.3. The number of rotatable bonds is 4. The molecule has 150 valence electrons. The van der Waals surface area contributed by atoms with E-state index in [0.29, 0.717) is 18.8 Å². The van der Waals surface area contributed by atoms with Crippen LogP contribution in [0.25, 0.3) is 0 Å². The van der Waals surface area contributed by atoms with Crippen LogP contribution in [0.2, 0.25) is 5.02 Å². The van der Waals surface area contributed by atoms with Crippen LogP contribution < -0.4 is 15.2 Å². The second-order valence-corrected chi connectivity index (χ2v) is 6.48. The summed E-state index contributed by atoms with van der Waals surface area (Å²) in [4.78, 5) is 27.3. The van der Waals surface area contributed by atoms with Crippen molar-refractivity contribution < 1.29 is 22.7 Å². The highest BCUT2D eigenvalue weighted by atomic mass is 35.5. The van der Waals surface area contributed by atoms with Gasteiger partial charge in [-0.1, -0.05) is 29.8 Å². The van der Waals surface area contributed by atoms with E-state index in [1.54, 1.807) is 11.0 Å². The van der Waals surface area contributed by atoms with E-state index in [0.717, 1.165) is 0 Å². The van der Waals surface area contributed by atoms with Gasteiger partial charge in [0, 0.05) is 38.2 Å². The maximum absolute atomic E-state index is 12.6. The number of aromatic nitrogens is 2. The number of nitrogens with zero attached hydrogens (tertiary/aromatic N) is 3. The molecule has 1 saturated heterocycles. The Balaban J connectivity index is 1.76. The molecule has 3 rings (SSSR count). The van der Waals surface area contributed by atoms with E-state index in [4.69, 9.17) is 11.6 Å². The first-order valence-corrected chi connectivity index (χ1v) is 8.72. The van der Waals surface area contributed by atoms with Crippen molar-refractivity contribution in [3.8, 4) is 5.75 Å². The topological polar surface area (TPSA) is 78.5 Å². The summed E-state index contributed by atoms with van der Waals surface area (Å²) in [5.74, 6) is -0.566. The van der Waals surface area contributed by atoms with Gasteiger partial charge in [0.05, 0.1) is 11.9 Å². The molecule has 1 aromatic carbocycles. The van der Waals surface area contributed by atoms with E-state index < -0.39 is 11.9 Å². The van der Waals surface area contributed by atoms with E-state index in [1.807, 2.05) is 0 Å². The molecule has 0 radical (unpaired) electrons. The molecule has 0 bridgehead atoms. The molecule has 1 fully saturated rings. The Morgan fingerprint density at radius 1 is 1.18 bits per heavy atom. The number of aromatic amines is 1. The second kappa shape index (κ2) is 8.09. The van der Waals surface area contributed by atoms with Crippen LogP contribution >= 0.6 is 11.6 Å². The Kier molecular flexibility index (Phi) is 5.78. The number of benzene rings is 1. The quantitative estimate of drug-likeness (QED) is 0.828. The largest absolute Gasteiger partial charge is 0.573 e. The number of amides is 1. The predicted octanol–water partition coefficient (Wildman–Crippen LogP) is 2.56. The average Bonchev–Trinajstić information content (AvgIpc) is 2.80. The van der Waals surface area contributed by atoms with Crippen molar-refractivity contribution in [3.05, 3.63) is 51.4 Å². The number of H-pyrrole nitrogens is 1. The summed E-state index contributed by atoms with van der Waals surface area (Å²) >= 11 is 6.02. The lowest BCUT2D eigenvalue weighted by atomic mass is 10.2. The first kappa shape index (κ1) is 20.0. The molecule has 1 amide bonds. The number of hydrogen-bond donors (Lipinski definition) is 1. The minimum atomic E-state index is -4.82. The first-order chi connectivity index (χ1) is 13.2. The lowest BCUT2D eigenvalue weighted by molar-refractivity contribution is -0.275. The molecule has 28 heavy (non-hydrogen) atoms. The fraction of sp³-hybridized carbons (Fsp3) is 0.353. The van der Waals surface area contributed by atoms with Crippen molar-refractivity contribution in [2.75, 3.05) is 24.5 Å². The standard InChI is InChI=1S/C17H16ClF3N4O3/c18-15-12(9-22-23-16(15)27)24-6-5-14(26)25(8-7-24)10-11-3-1-2-4-13(11)28-17(19,20)21/h1-4,9H,5-8,10H2,(H,23,27). The highest BCUT2D eigenvalue weighted by molar-refractivity contribution is 6.33. The molecular weight excluding hydrogens is 401 g/mol. The van der Waals surface area contributed by atoms with Gasteiger partial charge in [0.15, 0.2) is 0 Å². The molecule has 2 aromatic rings. The third kappa shape index (κ3) is 4.75. The molecule has 11 heteroatoms. The third-order valence-electron chi connectivity index (χ3n) is 4.27. The smallest absolute Gasteiger partial charge is 0.405 e. The molecule has 1 N–H and O–H groups in total. The van der Waals surface area contributed by atoms with Crippen molar-refractivity contribution in [3.63, 3.8) is 0 Å². The van der Waals surface area contributed by atoms with Gasteiger partial charge in [-0.05, 0) is 6.07 Å². The molecule has 0 saturated carbocycles. The van der Waals surface area contributed by atoms with E-state index in [9.17, 15) is 22.8 Å². The van der Waals surface area contributed by atoms with Crippen LogP contribution in [0.1, 0.15) is 12.0 Å². The lowest BCUT2D eigenvalue weighted by Crippen LogP contribution is -2.33. The van der Waals surface area contributed by atoms with E-state index in [-0.39, 0.29) is 41.8 Å². The van der Waals surface area contributed by atoms with Gasteiger partial charge in [-0.2, -0.15) is 5.10 Å². The molecule has 2 heterocycles. The van der Waals surface area contributed by atoms with Crippen LogP contribution in [0.4, 0.5) is 18.9 Å². The summed E-state index contributed by atoms with van der Waals surface area (Å²) in [7, 11) is 0. The van der Waals surface area contributed by atoms with E-state index in [1.165, 1.54) is 29.3 Å². The number of hydrogen-bond acceptors (Lipinski definition) is 5. The van der Waals surface area contributed by atoms with Crippen LogP contribution in [0.3, 0.4) is 0 Å². The first-order valence-electron chi connectivity index (χ1n) is 8.34. The van der Waals surface area contributed by atoms with Gasteiger partial charge in [-0.25, -0.2) is 5.10 Å². The lowest BCUT2D eigenvalue weighted by Gasteiger charge is -2.24. The maximum Gasteiger partial charge on any atom is 0.573 e. The monoisotopic (exact) mass is 416 g/mol. The summed E-state index contributed by atoms with van der Waals surface area (Å²) in [5.41, 5.74) is 0.114. The summed E-state index contributed by atoms with van der Waals surface area (Å²) in [6.07, 6.45) is -3.30. The summed E-state index contributed by atoms with van der Waals surface area (Å²) < 4.78 is 41.8. The number of halogens is 4. The number of anilines is 1. The maximum atomic E-state index is 12.6. The van der Waals surface area contributed by atoms with Crippen molar-refractivity contribution >= 4 is 23.2 Å². The zero-order valence-corrected chi connectivity index (χ0v) is 15.3. The Bertz CT molecular complexity index is 919. The van der Waals surface area contributed by atoms with Crippen LogP contribution in [0, 0.1) is 0 Å². The number of carbonyl (C=O) groups is 1. The molecule has 0 aliphatic carbocycles. The second-order valence-electron chi connectivity index (χ2n) is 6.11. The van der Waals surface area contributed by atoms with Crippen LogP contribution in [0.15, 0.2) is 35.3 Å². The molecule has 0 atom stereocenters. The van der Waals surface area contributed by atoms with Crippen molar-refractivity contribution in [2.24, 2.45) is 0 Å². The number of nitrogens with one attached hydrogen (secondary N) is 1. The SMILES string of the molecule is O=C1CCN(c2cn[nH]c(=O)c2Cl)CCN1Cc1ccccc1OC(F)(F)F. The van der Waals surface area contributed by atoms with Gasteiger partial charge in [0.2, 0.25) is 5.91 Å². The molecule has 1 aliphatic rings. The normalized spacial score (nSPS) is 15.5. The summed E-state index contributed by atoms with van der Waals surface area (Å²) in [5, 5.41) is 5.91. The van der Waals surface area contributed by atoms with Gasteiger partial charge >= 0.3 is 6.36 Å². The Morgan fingerprint density at radius 2 is 1.93 bits per heavy atom. The fourth-order valence-corrected chi connectivity index (χ4v) is 3.14. The molecule has 1 aliphatic heterocycles. The van der Waals surface area contributed by atoms with Crippen molar-refractivity contribution in [2.45, 2.75) is 19.3 Å². The molecular formula is C17H16ClF3N4O3. The molecule has 0 spiro atoms.